The van der Waals surface area contributed by atoms with Crippen molar-refractivity contribution in [2.24, 2.45) is 11.8 Å². The summed E-state index contributed by atoms with van der Waals surface area (Å²) < 4.78 is 12.9. The molecule has 0 bridgehead atoms. The summed E-state index contributed by atoms with van der Waals surface area (Å²) in [4.78, 5) is 20.8. The average molecular weight is 550 g/mol. The molecule has 208 valence electrons. The minimum absolute atomic E-state index is 0.147. The lowest BCUT2D eigenvalue weighted by Crippen LogP contribution is -2.37. The number of fused-ring (bicyclic) bond motifs is 3. The molecular weight excluding hydrogens is 510 g/mol. The Labute approximate surface area is 237 Å². The summed E-state index contributed by atoms with van der Waals surface area (Å²) in [5, 5.41) is 0.710. The predicted molar refractivity (Wildman–Crippen MR) is 155 cm³/mol. The van der Waals surface area contributed by atoms with Crippen LogP contribution >= 0.6 is 11.6 Å². The molecule has 0 N–H and O–H groups in total. The number of carbonyl (C=O) groups is 1. The van der Waals surface area contributed by atoms with Crippen molar-refractivity contribution >= 4 is 17.4 Å². The second-order valence-electron chi connectivity index (χ2n) is 11.0. The quantitative estimate of drug-likeness (QED) is 0.259. The van der Waals surface area contributed by atoms with Crippen molar-refractivity contribution in [1.29, 1.82) is 0 Å². The number of aromatic nitrogens is 2. The Hall–Kier alpha value is -2.51. The van der Waals surface area contributed by atoms with E-state index in [9.17, 15) is 4.79 Å². The van der Waals surface area contributed by atoms with E-state index < -0.39 is 5.54 Å². The van der Waals surface area contributed by atoms with Crippen LogP contribution < -0.4 is 0 Å². The number of ether oxygens (including phenoxy) is 2. The standard InChI is InChI=1S/C32H40ClN3O3/c1-38-21-19-35(20-22-39-2)23-24-7-9-25(10-8-24)30(37)15-16-32(26-11-13-27(33)14-12-26)29-6-4-3-5-28(29)31-34-17-18-36(31)32/h3-6,11-14,17-18,24-25H,7-10,15-16,19-23H2,1-2H3. The molecule has 39 heavy (non-hydrogen) atoms. The highest BCUT2D eigenvalue weighted by Gasteiger charge is 2.45. The molecule has 2 aromatic carbocycles. The first-order valence-electron chi connectivity index (χ1n) is 14.2. The van der Waals surface area contributed by atoms with Crippen LogP contribution in [0.2, 0.25) is 5.02 Å². The highest BCUT2D eigenvalue weighted by molar-refractivity contribution is 6.30. The van der Waals surface area contributed by atoms with E-state index in [1.807, 2.05) is 18.3 Å². The van der Waals surface area contributed by atoms with Gasteiger partial charge in [-0.05, 0) is 61.3 Å². The largest absolute Gasteiger partial charge is 0.383 e. The van der Waals surface area contributed by atoms with Crippen molar-refractivity contribution in [2.45, 2.75) is 44.1 Å². The van der Waals surface area contributed by atoms with E-state index in [0.717, 1.165) is 75.5 Å². The summed E-state index contributed by atoms with van der Waals surface area (Å²) in [6.07, 6.45) is 9.32. The first kappa shape index (κ1) is 28.0. The second-order valence-corrected chi connectivity index (χ2v) is 11.4. The Morgan fingerprint density at radius 3 is 2.41 bits per heavy atom. The molecule has 0 saturated heterocycles. The summed E-state index contributed by atoms with van der Waals surface area (Å²) in [5.74, 6) is 2.12. The van der Waals surface area contributed by atoms with Crippen molar-refractivity contribution in [1.82, 2.24) is 14.5 Å². The first-order valence-corrected chi connectivity index (χ1v) is 14.6. The third-order valence-electron chi connectivity index (χ3n) is 8.76. The van der Waals surface area contributed by atoms with E-state index >= 15 is 0 Å². The van der Waals surface area contributed by atoms with Gasteiger partial charge in [0.1, 0.15) is 11.6 Å². The number of hydrogen-bond donors (Lipinski definition) is 0. The number of Topliss-reactive ketones (excluding diaryl/α,β-unsaturated/α-hetero) is 1. The van der Waals surface area contributed by atoms with Crippen LogP contribution in [0.5, 0.6) is 0 Å². The number of nitrogens with zero attached hydrogens (tertiary/aromatic N) is 3. The van der Waals surface area contributed by atoms with Crippen molar-refractivity contribution in [2.75, 3.05) is 47.1 Å². The Balaban J connectivity index is 1.28. The fraction of sp³-hybridized carbons (Fsp3) is 0.500. The molecule has 1 aliphatic heterocycles. The van der Waals surface area contributed by atoms with E-state index in [1.165, 1.54) is 5.56 Å². The van der Waals surface area contributed by atoms with Crippen LogP contribution in [-0.4, -0.2) is 67.3 Å². The number of benzene rings is 2. The van der Waals surface area contributed by atoms with E-state index in [2.05, 4.69) is 52.1 Å². The van der Waals surface area contributed by atoms with Gasteiger partial charge in [-0.3, -0.25) is 9.69 Å². The van der Waals surface area contributed by atoms with Crippen LogP contribution in [0.15, 0.2) is 60.9 Å². The van der Waals surface area contributed by atoms with Crippen LogP contribution in [0.1, 0.15) is 49.7 Å². The summed E-state index contributed by atoms with van der Waals surface area (Å²) in [6.45, 7) is 4.35. The monoisotopic (exact) mass is 549 g/mol. The smallest absolute Gasteiger partial charge is 0.141 e. The van der Waals surface area contributed by atoms with Gasteiger partial charge in [0.05, 0.1) is 18.8 Å². The van der Waals surface area contributed by atoms with Crippen molar-refractivity contribution in [3.63, 3.8) is 0 Å². The number of hydrogen-bond acceptors (Lipinski definition) is 5. The van der Waals surface area contributed by atoms with E-state index in [-0.39, 0.29) is 5.92 Å². The molecule has 7 heteroatoms. The van der Waals surface area contributed by atoms with Gasteiger partial charge in [0, 0.05) is 69.2 Å². The highest BCUT2D eigenvalue weighted by atomic mass is 35.5. The van der Waals surface area contributed by atoms with Gasteiger partial charge in [-0.15, -0.1) is 0 Å². The normalized spacial score (nSPS) is 22.2. The SMILES string of the molecule is COCCN(CCOC)CC1CCC(C(=O)CCC2(c3ccc(Cl)cc3)c3ccccc3-c3nccn32)CC1. The van der Waals surface area contributed by atoms with Gasteiger partial charge in [-0.2, -0.15) is 0 Å². The lowest BCUT2D eigenvalue weighted by atomic mass is 9.75. The summed E-state index contributed by atoms with van der Waals surface area (Å²) in [5.41, 5.74) is 3.01. The van der Waals surface area contributed by atoms with Crippen molar-refractivity contribution in [3.8, 4) is 11.4 Å². The fourth-order valence-corrected chi connectivity index (χ4v) is 6.80. The molecule has 1 saturated carbocycles. The maximum absolute atomic E-state index is 13.7. The lowest BCUT2D eigenvalue weighted by Gasteiger charge is -2.35. The van der Waals surface area contributed by atoms with Gasteiger partial charge >= 0.3 is 0 Å². The minimum Gasteiger partial charge on any atom is -0.383 e. The van der Waals surface area contributed by atoms with E-state index in [1.54, 1.807) is 14.2 Å². The molecule has 3 aromatic rings. The van der Waals surface area contributed by atoms with Crippen LogP contribution in [0.3, 0.4) is 0 Å². The molecule has 0 radical (unpaired) electrons. The van der Waals surface area contributed by atoms with Crippen LogP contribution in [0.4, 0.5) is 0 Å². The third kappa shape index (κ3) is 5.85. The van der Waals surface area contributed by atoms with Crippen LogP contribution in [0.25, 0.3) is 11.4 Å². The highest BCUT2D eigenvalue weighted by Crippen LogP contribution is 2.50. The maximum atomic E-state index is 13.7. The predicted octanol–water partition coefficient (Wildman–Crippen LogP) is 6.06. The van der Waals surface area contributed by atoms with Gasteiger partial charge < -0.3 is 14.0 Å². The van der Waals surface area contributed by atoms with Crippen LogP contribution in [-0.2, 0) is 19.8 Å². The van der Waals surface area contributed by atoms with Gasteiger partial charge in [0.2, 0.25) is 0 Å². The third-order valence-corrected chi connectivity index (χ3v) is 9.01. The Morgan fingerprint density at radius 1 is 1.03 bits per heavy atom. The molecule has 1 aromatic heterocycles. The summed E-state index contributed by atoms with van der Waals surface area (Å²) >= 11 is 6.28. The summed E-state index contributed by atoms with van der Waals surface area (Å²) in [6, 6.07) is 16.6. The maximum Gasteiger partial charge on any atom is 0.141 e. The first-order chi connectivity index (χ1) is 19.1. The molecule has 1 unspecified atom stereocenters. The molecule has 1 atom stereocenters. The zero-order valence-electron chi connectivity index (χ0n) is 23.2. The Morgan fingerprint density at radius 2 is 1.72 bits per heavy atom. The number of ketones is 1. The molecule has 0 amide bonds. The molecule has 5 rings (SSSR count). The molecule has 1 aliphatic carbocycles. The van der Waals surface area contributed by atoms with Crippen molar-refractivity contribution in [3.05, 3.63) is 77.1 Å². The molecule has 6 nitrogen and oxygen atoms in total. The van der Waals surface area contributed by atoms with Crippen molar-refractivity contribution < 1.29 is 14.3 Å². The van der Waals surface area contributed by atoms with Crippen LogP contribution in [0, 0.1) is 11.8 Å². The molecule has 2 aliphatic rings. The van der Waals surface area contributed by atoms with Gasteiger partial charge in [0.25, 0.3) is 0 Å². The molecular formula is C32H40ClN3O3. The number of rotatable bonds is 13. The lowest BCUT2D eigenvalue weighted by molar-refractivity contribution is -0.124. The number of imidazole rings is 1. The fourth-order valence-electron chi connectivity index (χ4n) is 6.67. The number of carbonyl (C=O) groups excluding carboxylic acids is 1. The number of halogens is 1. The van der Waals surface area contributed by atoms with E-state index in [4.69, 9.17) is 26.1 Å². The van der Waals surface area contributed by atoms with Gasteiger partial charge in [-0.1, -0.05) is 48.0 Å². The zero-order valence-corrected chi connectivity index (χ0v) is 23.9. The zero-order chi connectivity index (χ0) is 27.2. The number of methoxy groups -OCH3 is 2. The molecule has 0 spiro atoms. The topological polar surface area (TPSA) is 56.6 Å². The average Bonchev–Trinajstić information content (AvgIpc) is 3.55. The second kappa shape index (κ2) is 12.8. The van der Waals surface area contributed by atoms with Gasteiger partial charge in [0.15, 0.2) is 0 Å². The van der Waals surface area contributed by atoms with E-state index in [0.29, 0.717) is 29.6 Å². The molecule has 1 fully saturated rings. The van der Waals surface area contributed by atoms with Gasteiger partial charge in [-0.25, -0.2) is 4.98 Å². The summed E-state index contributed by atoms with van der Waals surface area (Å²) in [7, 11) is 3.50. The minimum atomic E-state index is -0.469. The molecule has 2 heterocycles. The Bertz CT molecular complexity index is 1230. The Kier molecular flexibility index (Phi) is 9.18.